The van der Waals surface area contributed by atoms with E-state index >= 15 is 0 Å². The SMILES string of the molecule is O=C(Nc1ccc(CCc2nc3ccccc3[nH]2)cc1)c1ccc([N+](=O)[O-])cc1. The number of aromatic nitrogens is 2. The minimum atomic E-state index is -0.494. The van der Waals surface area contributed by atoms with Crippen molar-refractivity contribution in [2.45, 2.75) is 12.8 Å². The summed E-state index contributed by atoms with van der Waals surface area (Å²) in [5.74, 6) is 0.636. The predicted molar refractivity (Wildman–Crippen MR) is 111 cm³/mol. The maximum absolute atomic E-state index is 12.3. The monoisotopic (exact) mass is 386 g/mol. The number of para-hydroxylation sites is 2. The molecule has 0 fully saturated rings. The van der Waals surface area contributed by atoms with Gasteiger partial charge in [-0.15, -0.1) is 0 Å². The summed E-state index contributed by atoms with van der Waals surface area (Å²) < 4.78 is 0. The summed E-state index contributed by atoms with van der Waals surface area (Å²) in [5, 5.41) is 13.5. The quantitative estimate of drug-likeness (QED) is 0.376. The van der Waals surface area contributed by atoms with Gasteiger partial charge in [0.2, 0.25) is 0 Å². The first kappa shape index (κ1) is 18.4. The molecule has 3 aromatic carbocycles. The fourth-order valence-corrected chi connectivity index (χ4v) is 3.08. The lowest BCUT2D eigenvalue weighted by Gasteiger charge is -2.06. The lowest BCUT2D eigenvalue weighted by Crippen LogP contribution is -2.11. The van der Waals surface area contributed by atoms with Crippen LogP contribution in [-0.2, 0) is 12.8 Å². The summed E-state index contributed by atoms with van der Waals surface area (Å²) in [5.41, 5.74) is 4.12. The molecule has 0 saturated heterocycles. The molecule has 0 aliphatic heterocycles. The average molecular weight is 386 g/mol. The minimum absolute atomic E-state index is 0.0460. The average Bonchev–Trinajstić information content (AvgIpc) is 3.16. The van der Waals surface area contributed by atoms with E-state index in [0.29, 0.717) is 11.3 Å². The van der Waals surface area contributed by atoms with Crippen molar-refractivity contribution < 1.29 is 9.72 Å². The van der Waals surface area contributed by atoms with E-state index in [0.717, 1.165) is 35.3 Å². The summed E-state index contributed by atoms with van der Waals surface area (Å²) in [6.45, 7) is 0. The van der Waals surface area contributed by atoms with Gasteiger partial charge in [-0.3, -0.25) is 14.9 Å². The van der Waals surface area contributed by atoms with E-state index in [1.807, 2.05) is 48.5 Å². The van der Waals surface area contributed by atoms with Crippen LogP contribution in [0, 0.1) is 10.1 Å². The smallest absolute Gasteiger partial charge is 0.269 e. The van der Waals surface area contributed by atoms with Crippen molar-refractivity contribution in [1.82, 2.24) is 9.97 Å². The molecular formula is C22H18N4O3. The Balaban J connectivity index is 1.35. The van der Waals surface area contributed by atoms with Crippen LogP contribution in [0.1, 0.15) is 21.7 Å². The molecule has 1 heterocycles. The molecule has 0 unspecified atom stereocenters. The lowest BCUT2D eigenvalue weighted by molar-refractivity contribution is -0.384. The molecule has 2 N–H and O–H groups in total. The van der Waals surface area contributed by atoms with Crippen molar-refractivity contribution in [2.75, 3.05) is 5.32 Å². The summed E-state index contributed by atoms with van der Waals surface area (Å²) in [4.78, 5) is 30.4. The van der Waals surface area contributed by atoms with Gasteiger partial charge in [-0.2, -0.15) is 0 Å². The van der Waals surface area contributed by atoms with Gasteiger partial charge in [0.1, 0.15) is 5.82 Å². The number of nitro benzene ring substituents is 1. The van der Waals surface area contributed by atoms with Crippen molar-refractivity contribution in [1.29, 1.82) is 0 Å². The number of anilines is 1. The normalized spacial score (nSPS) is 10.8. The van der Waals surface area contributed by atoms with Gasteiger partial charge in [-0.1, -0.05) is 24.3 Å². The van der Waals surface area contributed by atoms with E-state index in [2.05, 4.69) is 15.3 Å². The molecule has 0 bridgehead atoms. The van der Waals surface area contributed by atoms with E-state index in [4.69, 9.17) is 0 Å². The first-order valence-corrected chi connectivity index (χ1v) is 9.17. The summed E-state index contributed by atoms with van der Waals surface area (Å²) in [6.07, 6.45) is 1.62. The molecule has 4 aromatic rings. The largest absolute Gasteiger partial charge is 0.342 e. The fraction of sp³-hybridized carbons (Fsp3) is 0.0909. The van der Waals surface area contributed by atoms with Gasteiger partial charge in [0.15, 0.2) is 0 Å². The van der Waals surface area contributed by atoms with E-state index < -0.39 is 4.92 Å². The van der Waals surface area contributed by atoms with Gasteiger partial charge in [0.25, 0.3) is 11.6 Å². The number of rotatable bonds is 6. The van der Waals surface area contributed by atoms with Gasteiger partial charge in [-0.05, 0) is 48.4 Å². The van der Waals surface area contributed by atoms with Crippen LogP contribution in [0.25, 0.3) is 11.0 Å². The number of imidazole rings is 1. The van der Waals surface area contributed by atoms with Gasteiger partial charge < -0.3 is 10.3 Å². The highest BCUT2D eigenvalue weighted by Gasteiger charge is 2.10. The Hall–Kier alpha value is -4.00. The number of carbonyl (C=O) groups excluding carboxylic acids is 1. The molecule has 1 amide bonds. The Kier molecular flexibility index (Phi) is 5.03. The lowest BCUT2D eigenvalue weighted by atomic mass is 10.1. The second-order valence-corrected chi connectivity index (χ2v) is 6.66. The molecular weight excluding hydrogens is 368 g/mol. The molecule has 7 heteroatoms. The van der Waals surface area contributed by atoms with E-state index in [1.54, 1.807) is 0 Å². The number of nitrogens with one attached hydrogen (secondary N) is 2. The molecule has 0 saturated carbocycles. The van der Waals surface area contributed by atoms with Crippen LogP contribution in [0.4, 0.5) is 11.4 Å². The van der Waals surface area contributed by atoms with Crippen LogP contribution in [0.3, 0.4) is 0 Å². The van der Waals surface area contributed by atoms with Crippen LogP contribution < -0.4 is 5.32 Å². The maximum atomic E-state index is 12.3. The van der Waals surface area contributed by atoms with Crippen LogP contribution >= 0.6 is 0 Å². The maximum Gasteiger partial charge on any atom is 0.269 e. The zero-order valence-corrected chi connectivity index (χ0v) is 15.5. The number of nitrogens with zero attached hydrogens (tertiary/aromatic N) is 2. The highest BCUT2D eigenvalue weighted by Crippen LogP contribution is 2.16. The number of hydrogen-bond acceptors (Lipinski definition) is 4. The fourth-order valence-electron chi connectivity index (χ4n) is 3.08. The standard InChI is InChI=1S/C22H18N4O3/c27-22(16-8-12-18(13-9-16)26(28)29)23-17-10-5-15(6-11-17)7-14-21-24-19-3-1-2-4-20(19)25-21/h1-6,8-13H,7,14H2,(H,23,27)(H,24,25). The number of aryl methyl sites for hydroxylation is 2. The third-order valence-corrected chi connectivity index (χ3v) is 4.64. The topological polar surface area (TPSA) is 101 Å². The van der Waals surface area contributed by atoms with E-state index in [9.17, 15) is 14.9 Å². The summed E-state index contributed by atoms with van der Waals surface area (Å²) >= 11 is 0. The van der Waals surface area contributed by atoms with Gasteiger partial charge in [0.05, 0.1) is 16.0 Å². The molecule has 0 aliphatic rings. The number of benzene rings is 3. The van der Waals surface area contributed by atoms with E-state index in [1.165, 1.54) is 24.3 Å². The van der Waals surface area contributed by atoms with Crippen molar-refractivity contribution in [3.05, 3.63) is 99.9 Å². The van der Waals surface area contributed by atoms with Crippen LogP contribution in [0.5, 0.6) is 0 Å². The Morgan fingerprint density at radius 3 is 2.38 bits per heavy atom. The molecule has 0 radical (unpaired) electrons. The van der Waals surface area contributed by atoms with Crippen LogP contribution in [0.2, 0.25) is 0 Å². The molecule has 0 atom stereocenters. The number of carbonyl (C=O) groups is 1. The molecule has 1 aromatic heterocycles. The number of non-ortho nitro benzene ring substituents is 1. The highest BCUT2D eigenvalue weighted by atomic mass is 16.6. The van der Waals surface area contributed by atoms with Crippen molar-refractivity contribution in [2.24, 2.45) is 0 Å². The first-order valence-electron chi connectivity index (χ1n) is 9.17. The molecule has 0 aliphatic carbocycles. The number of amides is 1. The molecule has 4 rings (SSSR count). The molecule has 0 spiro atoms. The second kappa shape index (κ2) is 7.93. The molecule has 144 valence electrons. The van der Waals surface area contributed by atoms with Crippen molar-refractivity contribution in [3.63, 3.8) is 0 Å². The molecule has 7 nitrogen and oxygen atoms in total. The third kappa shape index (κ3) is 4.30. The third-order valence-electron chi connectivity index (χ3n) is 4.64. The summed E-state index contributed by atoms with van der Waals surface area (Å²) in [7, 11) is 0. The van der Waals surface area contributed by atoms with Gasteiger partial charge >= 0.3 is 0 Å². The minimum Gasteiger partial charge on any atom is -0.342 e. The van der Waals surface area contributed by atoms with Crippen molar-refractivity contribution in [3.8, 4) is 0 Å². The predicted octanol–water partition coefficient (Wildman–Crippen LogP) is 4.51. The van der Waals surface area contributed by atoms with Crippen molar-refractivity contribution >= 4 is 28.3 Å². The zero-order valence-electron chi connectivity index (χ0n) is 15.5. The Labute approximate surface area is 166 Å². The number of H-pyrrole nitrogens is 1. The van der Waals surface area contributed by atoms with Crippen LogP contribution in [-0.4, -0.2) is 20.8 Å². The zero-order chi connectivity index (χ0) is 20.2. The van der Waals surface area contributed by atoms with Gasteiger partial charge in [0, 0.05) is 29.8 Å². The highest BCUT2D eigenvalue weighted by molar-refractivity contribution is 6.04. The van der Waals surface area contributed by atoms with Gasteiger partial charge in [-0.25, -0.2) is 4.98 Å². The second-order valence-electron chi connectivity index (χ2n) is 6.66. The number of aromatic amines is 1. The number of hydrogen-bond donors (Lipinski definition) is 2. The number of fused-ring (bicyclic) bond motifs is 1. The first-order chi connectivity index (χ1) is 14.1. The summed E-state index contributed by atoms with van der Waals surface area (Å²) in [6, 6.07) is 21.1. The Bertz CT molecular complexity index is 1130. The number of nitro groups is 1. The van der Waals surface area contributed by atoms with E-state index in [-0.39, 0.29) is 11.6 Å². The van der Waals surface area contributed by atoms with Crippen LogP contribution in [0.15, 0.2) is 72.8 Å². The molecule has 29 heavy (non-hydrogen) atoms. The Morgan fingerprint density at radius 1 is 0.966 bits per heavy atom. The Morgan fingerprint density at radius 2 is 1.69 bits per heavy atom.